The summed E-state index contributed by atoms with van der Waals surface area (Å²) in [6, 6.07) is 1.37. The number of aliphatic hydroxyl groups is 1. The first-order valence-corrected chi connectivity index (χ1v) is 7.09. The molecule has 1 fully saturated rings. The van der Waals surface area contributed by atoms with Gasteiger partial charge in [-0.2, -0.15) is 0 Å². The second kappa shape index (κ2) is 7.29. The van der Waals surface area contributed by atoms with Crippen LogP contribution in [0.1, 0.15) is 65.7 Å². The molecule has 96 valence electrons. The lowest BCUT2D eigenvalue weighted by Crippen LogP contribution is -2.43. The molecule has 1 rings (SSSR count). The highest BCUT2D eigenvalue weighted by Gasteiger charge is 2.25. The van der Waals surface area contributed by atoms with Crippen LogP contribution in [0.25, 0.3) is 0 Å². The molecule has 0 aromatic carbocycles. The highest BCUT2D eigenvalue weighted by Crippen LogP contribution is 2.25. The van der Waals surface area contributed by atoms with Gasteiger partial charge in [-0.25, -0.2) is 0 Å². The standard InChI is InChI=1S/C14H29NO/c1-4-5-6-11-15(12(2)3)13-7-9-14(16)10-8-13/h12-14,16H,4-11H2,1-3H3. The van der Waals surface area contributed by atoms with E-state index in [4.69, 9.17) is 0 Å². The zero-order valence-electron chi connectivity index (χ0n) is 11.3. The van der Waals surface area contributed by atoms with Crippen LogP contribution >= 0.6 is 0 Å². The first-order chi connectivity index (χ1) is 7.65. The third kappa shape index (κ3) is 4.42. The van der Waals surface area contributed by atoms with E-state index in [1.165, 1.54) is 38.6 Å². The van der Waals surface area contributed by atoms with Crippen LogP contribution in [0.5, 0.6) is 0 Å². The van der Waals surface area contributed by atoms with Gasteiger partial charge in [0.15, 0.2) is 0 Å². The minimum atomic E-state index is -0.0269. The maximum absolute atomic E-state index is 9.54. The molecule has 0 unspecified atom stereocenters. The van der Waals surface area contributed by atoms with Crippen molar-refractivity contribution in [3.63, 3.8) is 0 Å². The normalized spacial score (nSPS) is 26.6. The number of hydrogen-bond acceptors (Lipinski definition) is 2. The maximum Gasteiger partial charge on any atom is 0.0541 e. The van der Waals surface area contributed by atoms with Crippen LogP contribution in [0.2, 0.25) is 0 Å². The fourth-order valence-corrected chi connectivity index (χ4v) is 2.80. The largest absolute Gasteiger partial charge is 0.393 e. The van der Waals surface area contributed by atoms with Crippen LogP contribution in [0.15, 0.2) is 0 Å². The van der Waals surface area contributed by atoms with E-state index < -0.39 is 0 Å². The molecular formula is C14H29NO. The Morgan fingerprint density at radius 3 is 2.25 bits per heavy atom. The predicted octanol–water partition coefficient (Wildman–Crippen LogP) is 3.19. The molecule has 0 spiro atoms. The van der Waals surface area contributed by atoms with Gasteiger partial charge in [-0.15, -0.1) is 0 Å². The Hall–Kier alpha value is -0.0800. The molecule has 0 saturated heterocycles. The van der Waals surface area contributed by atoms with Gasteiger partial charge >= 0.3 is 0 Å². The first-order valence-electron chi connectivity index (χ1n) is 7.09. The smallest absolute Gasteiger partial charge is 0.0541 e. The van der Waals surface area contributed by atoms with Crippen molar-refractivity contribution in [1.82, 2.24) is 4.90 Å². The van der Waals surface area contributed by atoms with E-state index in [9.17, 15) is 5.11 Å². The van der Waals surface area contributed by atoms with Gasteiger partial charge in [0.1, 0.15) is 0 Å². The summed E-state index contributed by atoms with van der Waals surface area (Å²) < 4.78 is 0. The Kier molecular flexibility index (Phi) is 6.37. The molecule has 1 saturated carbocycles. The Morgan fingerprint density at radius 1 is 1.12 bits per heavy atom. The van der Waals surface area contributed by atoms with Crippen LogP contribution in [0.4, 0.5) is 0 Å². The Labute approximate surface area is 101 Å². The van der Waals surface area contributed by atoms with Gasteiger partial charge in [0, 0.05) is 12.1 Å². The molecule has 0 amide bonds. The Bertz CT molecular complexity index is 174. The summed E-state index contributed by atoms with van der Waals surface area (Å²) in [5.41, 5.74) is 0. The third-order valence-corrected chi connectivity index (χ3v) is 3.82. The van der Waals surface area contributed by atoms with E-state index in [-0.39, 0.29) is 6.10 Å². The van der Waals surface area contributed by atoms with E-state index >= 15 is 0 Å². The zero-order chi connectivity index (χ0) is 12.0. The number of rotatable bonds is 6. The summed E-state index contributed by atoms with van der Waals surface area (Å²) in [6.45, 7) is 8.11. The number of unbranched alkanes of at least 4 members (excludes halogenated alkanes) is 2. The van der Waals surface area contributed by atoms with Crippen molar-refractivity contribution >= 4 is 0 Å². The molecule has 1 aliphatic carbocycles. The van der Waals surface area contributed by atoms with E-state index in [1.54, 1.807) is 0 Å². The van der Waals surface area contributed by atoms with Crippen molar-refractivity contribution in [1.29, 1.82) is 0 Å². The Morgan fingerprint density at radius 2 is 1.75 bits per heavy atom. The highest BCUT2D eigenvalue weighted by atomic mass is 16.3. The molecule has 0 bridgehead atoms. The van der Waals surface area contributed by atoms with Gasteiger partial charge in [-0.05, 0) is 52.5 Å². The molecule has 0 heterocycles. The highest BCUT2D eigenvalue weighted by molar-refractivity contribution is 4.81. The average molecular weight is 227 g/mol. The maximum atomic E-state index is 9.54. The van der Waals surface area contributed by atoms with E-state index in [0.717, 1.165) is 18.9 Å². The lowest BCUT2D eigenvalue weighted by Gasteiger charge is -2.38. The summed E-state index contributed by atoms with van der Waals surface area (Å²) in [6.07, 6.45) is 8.32. The summed E-state index contributed by atoms with van der Waals surface area (Å²) in [7, 11) is 0. The molecule has 16 heavy (non-hydrogen) atoms. The SMILES string of the molecule is CCCCCN(C(C)C)C1CCC(O)CC1. The molecule has 1 aliphatic rings. The van der Waals surface area contributed by atoms with Crippen molar-refractivity contribution in [2.45, 2.75) is 83.9 Å². The van der Waals surface area contributed by atoms with Crippen molar-refractivity contribution in [2.75, 3.05) is 6.54 Å². The zero-order valence-corrected chi connectivity index (χ0v) is 11.3. The fourth-order valence-electron chi connectivity index (χ4n) is 2.80. The molecule has 0 aliphatic heterocycles. The summed E-state index contributed by atoms with van der Waals surface area (Å²) in [4.78, 5) is 2.65. The van der Waals surface area contributed by atoms with Crippen molar-refractivity contribution in [2.24, 2.45) is 0 Å². The second-order valence-electron chi connectivity index (χ2n) is 5.50. The molecule has 0 aromatic rings. The predicted molar refractivity (Wildman–Crippen MR) is 69.6 cm³/mol. The van der Waals surface area contributed by atoms with Crippen LogP contribution in [0.3, 0.4) is 0 Å². The topological polar surface area (TPSA) is 23.5 Å². The van der Waals surface area contributed by atoms with Gasteiger partial charge < -0.3 is 5.11 Å². The van der Waals surface area contributed by atoms with Gasteiger partial charge in [0.2, 0.25) is 0 Å². The average Bonchev–Trinajstić information content (AvgIpc) is 2.26. The first kappa shape index (κ1) is 14.0. The number of nitrogens with zero attached hydrogens (tertiary/aromatic N) is 1. The molecule has 0 atom stereocenters. The molecule has 1 N–H and O–H groups in total. The lowest BCUT2D eigenvalue weighted by atomic mass is 9.91. The van der Waals surface area contributed by atoms with Crippen LogP contribution in [-0.2, 0) is 0 Å². The van der Waals surface area contributed by atoms with Crippen molar-refractivity contribution in [3.8, 4) is 0 Å². The van der Waals surface area contributed by atoms with Crippen molar-refractivity contribution < 1.29 is 5.11 Å². The van der Waals surface area contributed by atoms with E-state index in [2.05, 4.69) is 25.7 Å². The summed E-state index contributed by atoms with van der Waals surface area (Å²) in [5.74, 6) is 0. The van der Waals surface area contributed by atoms with Crippen LogP contribution < -0.4 is 0 Å². The monoisotopic (exact) mass is 227 g/mol. The lowest BCUT2D eigenvalue weighted by molar-refractivity contribution is 0.0583. The minimum absolute atomic E-state index is 0.0269. The molecule has 2 nitrogen and oxygen atoms in total. The van der Waals surface area contributed by atoms with Crippen LogP contribution in [0, 0.1) is 0 Å². The van der Waals surface area contributed by atoms with Gasteiger partial charge in [0.25, 0.3) is 0 Å². The molecular weight excluding hydrogens is 198 g/mol. The Balaban J connectivity index is 2.37. The number of aliphatic hydroxyl groups excluding tert-OH is 1. The van der Waals surface area contributed by atoms with Gasteiger partial charge in [-0.1, -0.05) is 19.8 Å². The van der Waals surface area contributed by atoms with E-state index in [0.29, 0.717) is 6.04 Å². The fraction of sp³-hybridized carbons (Fsp3) is 1.00. The van der Waals surface area contributed by atoms with Crippen molar-refractivity contribution in [3.05, 3.63) is 0 Å². The summed E-state index contributed by atoms with van der Waals surface area (Å²) >= 11 is 0. The molecule has 0 radical (unpaired) electrons. The van der Waals surface area contributed by atoms with Gasteiger partial charge in [-0.3, -0.25) is 4.90 Å². The quantitative estimate of drug-likeness (QED) is 0.704. The number of hydrogen-bond donors (Lipinski definition) is 1. The second-order valence-corrected chi connectivity index (χ2v) is 5.50. The van der Waals surface area contributed by atoms with Gasteiger partial charge in [0.05, 0.1) is 6.10 Å². The van der Waals surface area contributed by atoms with Crippen LogP contribution in [-0.4, -0.2) is 34.7 Å². The van der Waals surface area contributed by atoms with E-state index in [1.807, 2.05) is 0 Å². The molecule has 0 aromatic heterocycles. The molecule has 2 heteroatoms. The third-order valence-electron chi connectivity index (χ3n) is 3.82. The summed E-state index contributed by atoms with van der Waals surface area (Å²) in [5, 5.41) is 9.54. The minimum Gasteiger partial charge on any atom is -0.393 e.